The van der Waals surface area contributed by atoms with Crippen molar-refractivity contribution in [2.45, 2.75) is 13.3 Å². The van der Waals surface area contributed by atoms with Crippen LogP contribution < -0.4 is 4.74 Å². The summed E-state index contributed by atoms with van der Waals surface area (Å²) in [4.78, 5) is 10.9. The summed E-state index contributed by atoms with van der Waals surface area (Å²) in [5, 5.41) is 25.5. The van der Waals surface area contributed by atoms with Crippen LogP contribution in [-0.2, 0) is 4.79 Å². The topological polar surface area (TPSA) is 99.0 Å². The molecule has 4 rings (SSSR count). The lowest BCUT2D eigenvalue weighted by Gasteiger charge is -2.18. The lowest BCUT2D eigenvalue weighted by Crippen LogP contribution is -1.98. The molecule has 0 saturated heterocycles. The van der Waals surface area contributed by atoms with Gasteiger partial charge in [0.15, 0.2) is 0 Å². The van der Waals surface area contributed by atoms with Crippen molar-refractivity contribution in [3.05, 3.63) is 101 Å². The number of aromatic amines is 1. The molecule has 0 unspecified atom stereocenters. The molecule has 0 aliphatic rings. The predicted molar refractivity (Wildman–Crippen MR) is 133 cm³/mol. The number of rotatable bonds is 7. The summed E-state index contributed by atoms with van der Waals surface area (Å²) < 4.78 is 19.6. The van der Waals surface area contributed by atoms with Crippen LogP contribution in [0.2, 0.25) is 0 Å². The number of fused-ring (bicyclic) bond motifs is 1. The predicted octanol–water partition coefficient (Wildman–Crippen LogP) is 6.05. The fourth-order valence-corrected chi connectivity index (χ4v) is 4.09. The number of nitrogens with one attached hydrogen (secondary N) is 1. The zero-order valence-corrected chi connectivity index (χ0v) is 19.2. The van der Waals surface area contributed by atoms with E-state index in [4.69, 9.17) is 9.84 Å². The first-order valence-electron chi connectivity index (χ1n) is 10.9. The molecule has 7 heteroatoms. The van der Waals surface area contributed by atoms with E-state index in [0.717, 1.165) is 39.5 Å². The highest BCUT2D eigenvalue weighted by Crippen LogP contribution is 2.37. The van der Waals surface area contributed by atoms with Crippen molar-refractivity contribution in [1.29, 1.82) is 5.26 Å². The van der Waals surface area contributed by atoms with E-state index in [1.807, 2.05) is 49.4 Å². The number of nitriles is 1. The Kier molecular flexibility index (Phi) is 6.74. The van der Waals surface area contributed by atoms with Crippen molar-refractivity contribution >= 4 is 34.1 Å². The molecule has 1 aromatic heterocycles. The molecule has 0 bridgehead atoms. The third kappa shape index (κ3) is 4.82. The minimum absolute atomic E-state index is 0.367. The molecule has 4 aromatic rings. The first-order valence-corrected chi connectivity index (χ1v) is 10.9. The lowest BCUT2D eigenvalue weighted by molar-refractivity contribution is -0.131. The number of methoxy groups -OCH3 is 1. The number of allylic oxidation sites excluding steroid dienone is 1. The number of carbonyl (C=O) groups is 1. The van der Waals surface area contributed by atoms with Gasteiger partial charge in [0.25, 0.3) is 0 Å². The number of H-pyrrole nitrogens is 1. The third-order valence-electron chi connectivity index (χ3n) is 5.74. The van der Waals surface area contributed by atoms with Gasteiger partial charge in [0.2, 0.25) is 5.95 Å². The molecule has 35 heavy (non-hydrogen) atoms. The number of aromatic nitrogens is 2. The molecule has 0 aliphatic carbocycles. The number of hydrogen-bond donors (Lipinski definition) is 2. The van der Waals surface area contributed by atoms with Crippen LogP contribution in [0, 0.1) is 17.3 Å². The van der Waals surface area contributed by atoms with Crippen molar-refractivity contribution in [1.82, 2.24) is 10.2 Å². The average molecular weight is 468 g/mol. The minimum Gasteiger partial charge on any atom is -0.497 e. The number of benzene rings is 3. The summed E-state index contributed by atoms with van der Waals surface area (Å²) >= 11 is 0. The zero-order chi connectivity index (χ0) is 24.9. The van der Waals surface area contributed by atoms with Gasteiger partial charge in [-0.2, -0.15) is 14.8 Å². The van der Waals surface area contributed by atoms with Gasteiger partial charge in [-0.25, -0.2) is 4.79 Å². The van der Waals surface area contributed by atoms with Gasteiger partial charge in [0.05, 0.1) is 29.6 Å². The summed E-state index contributed by atoms with van der Waals surface area (Å²) in [7, 11) is 1.55. The molecule has 0 radical (unpaired) electrons. The van der Waals surface area contributed by atoms with Crippen LogP contribution >= 0.6 is 0 Å². The van der Waals surface area contributed by atoms with Crippen LogP contribution in [0.1, 0.15) is 41.2 Å². The second kappa shape index (κ2) is 10.1. The van der Waals surface area contributed by atoms with E-state index in [-0.39, 0.29) is 0 Å². The van der Waals surface area contributed by atoms with Gasteiger partial charge in [0, 0.05) is 6.08 Å². The summed E-state index contributed by atoms with van der Waals surface area (Å²) in [5.41, 5.74) is 5.82. The molecule has 0 amide bonds. The van der Waals surface area contributed by atoms with Crippen molar-refractivity contribution in [2.24, 2.45) is 0 Å². The van der Waals surface area contributed by atoms with Crippen molar-refractivity contribution in [3.63, 3.8) is 0 Å². The van der Waals surface area contributed by atoms with Crippen LogP contribution in [0.25, 0.3) is 28.1 Å². The number of nitrogens with zero attached hydrogens (tertiary/aromatic N) is 2. The number of hydrogen-bond acceptors (Lipinski definition) is 4. The lowest BCUT2D eigenvalue weighted by atomic mass is 9.86. The van der Waals surface area contributed by atoms with E-state index < -0.39 is 11.9 Å². The maximum atomic E-state index is 14.4. The highest BCUT2D eigenvalue weighted by Gasteiger charge is 2.18. The molecular formula is C28H22FN3O3. The molecule has 0 spiro atoms. The van der Waals surface area contributed by atoms with E-state index in [0.29, 0.717) is 28.6 Å². The summed E-state index contributed by atoms with van der Waals surface area (Å²) in [5.74, 6) is -0.962. The third-order valence-corrected chi connectivity index (χ3v) is 5.74. The van der Waals surface area contributed by atoms with Gasteiger partial charge in [-0.05, 0) is 76.2 Å². The minimum atomic E-state index is -1.03. The van der Waals surface area contributed by atoms with Gasteiger partial charge in [-0.3, -0.25) is 5.10 Å². The number of ether oxygens (including phenoxy) is 1. The SMILES string of the molecule is CCC(=C(c1ccc(/C=C/C(=O)O)cc1)c1ccc2n[nH]c(F)c2c1)c1ccc(OC)cc1C#N. The Balaban J connectivity index is 1.98. The molecular weight excluding hydrogens is 445 g/mol. The second-order valence-electron chi connectivity index (χ2n) is 7.79. The number of aliphatic carboxylic acids is 1. The molecule has 0 aliphatic heterocycles. The van der Waals surface area contributed by atoms with Gasteiger partial charge in [0.1, 0.15) is 5.75 Å². The molecule has 6 nitrogen and oxygen atoms in total. The molecule has 1 heterocycles. The van der Waals surface area contributed by atoms with Crippen LogP contribution in [-0.4, -0.2) is 28.4 Å². The Hall–Kier alpha value is -4.70. The standard InChI is InChI=1S/C28H22FN3O3/c1-3-22(23-11-10-21(35-2)14-20(23)16-30)27(18-7-4-17(5-8-18)6-13-26(33)34)19-9-12-25-24(15-19)28(29)32-31-25/h4-15H,3H2,1-2H3,(H,31,32)(H,33,34)/b13-6+,27-22?. The largest absolute Gasteiger partial charge is 0.497 e. The molecule has 0 fully saturated rings. The Morgan fingerprint density at radius 1 is 1.14 bits per heavy atom. The molecule has 0 atom stereocenters. The van der Waals surface area contributed by atoms with Gasteiger partial charge in [-0.15, -0.1) is 0 Å². The highest BCUT2D eigenvalue weighted by atomic mass is 19.1. The number of halogens is 1. The van der Waals surface area contributed by atoms with Crippen LogP contribution in [0.4, 0.5) is 4.39 Å². The Morgan fingerprint density at radius 2 is 1.89 bits per heavy atom. The number of carboxylic acids is 1. The zero-order valence-electron chi connectivity index (χ0n) is 19.2. The van der Waals surface area contributed by atoms with Gasteiger partial charge < -0.3 is 9.84 Å². The first kappa shape index (κ1) is 23.5. The molecule has 3 aromatic carbocycles. The van der Waals surface area contributed by atoms with Crippen molar-refractivity contribution in [3.8, 4) is 11.8 Å². The Morgan fingerprint density at radius 3 is 2.54 bits per heavy atom. The van der Waals surface area contributed by atoms with E-state index in [1.165, 1.54) is 6.08 Å². The summed E-state index contributed by atoms with van der Waals surface area (Å²) in [6, 6.07) is 20.4. The fourth-order valence-electron chi connectivity index (χ4n) is 4.09. The smallest absolute Gasteiger partial charge is 0.328 e. The van der Waals surface area contributed by atoms with Crippen LogP contribution in [0.5, 0.6) is 5.75 Å². The van der Waals surface area contributed by atoms with Crippen molar-refractivity contribution in [2.75, 3.05) is 7.11 Å². The summed E-state index contributed by atoms with van der Waals surface area (Å²) in [6.07, 6.45) is 3.19. The second-order valence-corrected chi connectivity index (χ2v) is 7.79. The number of carboxylic acid groups (broad SMARTS) is 1. The molecule has 174 valence electrons. The van der Waals surface area contributed by atoms with E-state index in [2.05, 4.69) is 16.3 Å². The maximum Gasteiger partial charge on any atom is 0.328 e. The van der Waals surface area contributed by atoms with Gasteiger partial charge in [-0.1, -0.05) is 37.3 Å². The normalized spacial score (nSPS) is 11.9. The van der Waals surface area contributed by atoms with E-state index in [9.17, 15) is 14.4 Å². The monoisotopic (exact) mass is 467 g/mol. The summed E-state index contributed by atoms with van der Waals surface area (Å²) in [6.45, 7) is 2.00. The van der Waals surface area contributed by atoms with Crippen molar-refractivity contribution < 1.29 is 19.0 Å². The maximum absolute atomic E-state index is 14.4. The Bertz CT molecular complexity index is 1510. The Labute approximate surface area is 201 Å². The van der Waals surface area contributed by atoms with E-state index >= 15 is 0 Å². The highest BCUT2D eigenvalue weighted by molar-refractivity contribution is 6.01. The van der Waals surface area contributed by atoms with Gasteiger partial charge >= 0.3 is 5.97 Å². The molecule has 2 N–H and O–H groups in total. The fraction of sp³-hybridized carbons (Fsp3) is 0.107. The van der Waals surface area contributed by atoms with E-state index in [1.54, 1.807) is 25.3 Å². The van der Waals surface area contributed by atoms with Crippen LogP contribution in [0.3, 0.4) is 0 Å². The van der Waals surface area contributed by atoms with Crippen LogP contribution in [0.15, 0.2) is 66.7 Å². The quantitative estimate of drug-likeness (QED) is 0.255. The first-order chi connectivity index (χ1) is 16.9. The average Bonchev–Trinajstić information content (AvgIpc) is 3.26. The molecule has 0 saturated carbocycles.